The lowest BCUT2D eigenvalue weighted by molar-refractivity contribution is 0.482. The lowest BCUT2D eigenvalue weighted by atomic mass is 9.73. The number of hydrogen-bond donors (Lipinski definition) is 1. The van der Waals surface area contributed by atoms with Crippen molar-refractivity contribution in [1.82, 2.24) is 9.97 Å². The van der Waals surface area contributed by atoms with E-state index in [0.29, 0.717) is 5.52 Å². The van der Waals surface area contributed by atoms with Crippen LogP contribution in [0.25, 0.3) is 33.3 Å². The molecule has 1 aliphatic heterocycles. The van der Waals surface area contributed by atoms with Gasteiger partial charge in [0.2, 0.25) is 0 Å². The van der Waals surface area contributed by atoms with Crippen molar-refractivity contribution in [3.63, 3.8) is 0 Å². The van der Waals surface area contributed by atoms with E-state index in [1.165, 1.54) is 11.1 Å². The van der Waals surface area contributed by atoms with Crippen LogP contribution >= 0.6 is 0 Å². The Labute approximate surface area is 240 Å². The summed E-state index contributed by atoms with van der Waals surface area (Å²) in [6.45, 7) is 8.73. The summed E-state index contributed by atoms with van der Waals surface area (Å²) in [5, 5.41) is 12.4. The third kappa shape index (κ3) is 3.98. The van der Waals surface area contributed by atoms with Crippen LogP contribution in [0.5, 0.6) is 5.75 Å². The number of phenols is 1. The Balaban J connectivity index is 1.43. The quantitative estimate of drug-likeness (QED) is 0.246. The van der Waals surface area contributed by atoms with Crippen LogP contribution in [0, 0.1) is 13.8 Å². The highest BCUT2D eigenvalue weighted by Gasteiger charge is 2.37. The van der Waals surface area contributed by atoms with Crippen LogP contribution < -0.4 is 4.90 Å². The number of fused-ring (bicyclic) bond motifs is 3. The summed E-state index contributed by atoms with van der Waals surface area (Å²) in [5.74, 6) is 1.09. The van der Waals surface area contributed by atoms with Crippen LogP contribution in [-0.2, 0) is 5.41 Å². The minimum absolute atomic E-state index is 0.193. The highest BCUT2D eigenvalue weighted by Crippen LogP contribution is 2.52. The van der Waals surface area contributed by atoms with E-state index in [1.807, 2.05) is 48.7 Å². The maximum atomic E-state index is 11.4. The van der Waals surface area contributed by atoms with Crippen LogP contribution in [-0.4, -0.2) is 15.1 Å². The normalized spacial score (nSPS) is 13.6. The number of aryl methyl sites for hydroxylation is 2. The molecule has 4 aromatic carbocycles. The monoisotopic (exact) mass is 533 g/mol. The zero-order valence-electron chi connectivity index (χ0n) is 23.7. The number of para-hydroxylation sites is 1. The second kappa shape index (κ2) is 9.31. The van der Waals surface area contributed by atoms with Gasteiger partial charge in [0.15, 0.2) is 0 Å². The predicted octanol–water partition coefficient (Wildman–Crippen LogP) is 9.40. The van der Waals surface area contributed by atoms with E-state index >= 15 is 0 Å². The summed E-state index contributed by atoms with van der Waals surface area (Å²) in [7, 11) is 0. The number of anilines is 3. The smallest absolute Gasteiger partial charge is 0.149 e. The van der Waals surface area contributed by atoms with Gasteiger partial charge in [-0.25, -0.2) is 9.97 Å². The van der Waals surface area contributed by atoms with Gasteiger partial charge in [-0.3, -0.25) is 4.90 Å². The Bertz CT molecular complexity index is 1960. The Morgan fingerprint density at radius 1 is 0.707 bits per heavy atom. The van der Waals surface area contributed by atoms with Gasteiger partial charge in [-0.1, -0.05) is 80.6 Å². The molecule has 1 N–H and O–H groups in total. The number of pyridine rings is 2. The molecule has 200 valence electrons. The molecule has 0 fully saturated rings. The molecule has 0 saturated heterocycles. The van der Waals surface area contributed by atoms with Crippen molar-refractivity contribution < 1.29 is 5.11 Å². The Kier molecular flexibility index (Phi) is 5.69. The van der Waals surface area contributed by atoms with Crippen molar-refractivity contribution in [1.29, 1.82) is 0 Å². The molecule has 0 amide bonds. The molecule has 41 heavy (non-hydrogen) atoms. The molecule has 0 bridgehead atoms. The number of aromatic nitrogens is 2. The van der Waals surface area contributed by atoms with E-state index in [9.17, 15) is 5.11 Å². The van der Waals surface area contributed by atoms with Gasteiger partial charge in [0.25, 0.3) is 0 Å². The third-order valence-corrected chi connectivity index (χ3v) is 8.40. The minimum atomic E-state index is -0.193. The minimum Gasteiger partial charge on any atom is -0.505 e. The van der Waals surface area contributed by atoms with Crippen LogP contribution in [0.4, 0.5) is 17.2 Å². The Hall–Kier alpha value is -4.96. The number of benzene rings is 4. The van der Waals surface area contributed by atoms with Gasteiger partial charge in [-0.05, 0) is 78.1 Å². The SMILES string of the molecule is Cc1ccnc(N2c3ccccc3C(C)(C)c3ccc(-c4ccc5c(C)cc(-c6ccccc6)c(O)c5n4)cc32)c1. The first-order chi connectivity index (χ1) is 19.8. The highest BCUT2D eigenvalue weighted by atomic mass is 16.3. The number of phenolic OH excluding ortho intramolecular Hbond substituents is 1. The number of nitrogens with zero attached hydrogens (tertiary/aromatic N) is 3. The van der Waals surface area contributed by atoms with Crippen molar-refractivity contribution >= 4 is 28.1 Å². The van der Waals surface area contributed by atoms with Crippen LogP contribution in [0.2, 0.25) is 0 Å². The fraction of sp³-hybridized carbons (Fsp3) is 0.135. The number of aromatic hydroxyl groups is 1. The second-order valence-electron chi connectivity index (χ2n) is 11.4. The first-order valence-electron chi connectivity index (χ1n) is 14.0. The molecular formula is C37H31N3O. The molecule has 4 nitrogen and oxygen atoms in total. The largest absolute Gasteiger partial charge is 0.505 e. The van der Waals surface area contributed by atoms with Crippen LogP contribution in [0.3, 0.4) is 0 Å². The topological polar surface area (TPSA) is 49.2 Å². The van der Waals surface area contributed by atoms with E-state index in [2.05, 4.69) is 93.3 Å². The molecule has 2 aromatic heterocycles. The maximum Gasteiger partial charge on any atom is 0.149 e. The number of rotatable bonds is 3. The standard InChI is InChI=1S/C37H31N3O/c1-23-18-19-38-34(20-23)40-32-13-9-8-12-29(32)37(3,4)30-16-14-26(22-33(30)40)31-17-15-27-24(2)21-28(36(41)35(27)39-31)25-10-6-5-7-11-25/h5-22,41H,1-4H3. The third-order valence-electron chi connectivity index (χ3n) is 8.40. The lowest BCUT2D eigenvalue weighted by Gasteiger charge is -2.41. The molecule has 4 heteroatoms. The predicted molar refractivity (Wildman–Crippen MR) is 168 cm³/mol. The zero-order valence-corrected chi connectivity index (χ0v) is 23.7. The Morgan fingerprint density at radius 3 is 2.27 bits per heavy atom. The van der Waals surface area contributed by atoms with Crippen LogP contribution in [0.1, 0.15) is 36.1 Å². The summed E-state index contributed by atoms with van der Waals surface area (Å²) in [5.41, 5.74) is 10.9. The van der Waals surface area contributed by atoms with Crippen molar-refractivity contribution in [2.75, 3.05) is 4.90 Å². The average molecular weight is 534 g/mol. The molecule has 0 spiro atoms. The van der Waals surface area contributed by atoms with Crippen molar-refractivity contribution in [2.24, 2.45) is 0 Å². The molecule has 1 aliphatic rings. The fourth-order valence-electron chi connectivity index (χ4n) is 6.21. The summed E-state index contributed by atoms with van der Waals surface area (Å²) >= 11 is 0. The molecule has 0 saturated carbocycles. The molecule has 7 rings (SSSR count). The summed E-state index contributed by atoms with van der Waals surface area (Å²) < 4.78 is 0. The second-order valence-corrected chi connectivity index (χ2v) is 11.4. The van der Waals surface area contributed by atoms with Gasteiger partial charge >= 0.3 is 0 Å². The van der Waals surface area contributed by atoms with Crippen LogP contribution in [0.15, 0.2) is 109 Å². The van der Waals surface area contributed by atoms with Crippen molar-refractivity contribution in [3.05, 3.63) is 132 Å². The molecule has 0 radical (unpaired) electrons. The average Bonchev–Trinajstić information content (AvgIpc) is 2.99. The van der Waals surface area contributed by atoms with Gasteiger partial charge in [-0.2, -0.15) is 0 Å². The molecular weight excluding hydrogens is 502 g/mol. The van der Waals surface area contributed by atoms with Gasteiger partial charge in [0.05, 0.1) is 17.1 Å². The molecule has 6 aromatic rings. The van der Waals surface area contributed by atoms with E-state index in [-0.39, 0.29) is 11.2 Å². The fourth-order valence-corrected chi connectivity index (χ4v) is 6.21. The molecule has 3 heterocycles. The van der Waals surface area contributed by atoms with Gasteiger partial charge in [-0.15, -0.1) is 0 Å². The molecule has 0 unspecified atom stereocenters. The lowest BCUT2D eigenvalue weighted by Crippen LogP contribution is -2.31. The summed E-state index contributed by atoms with van der Waals surface area (Å²) in [6, 6.07) is 35.5. The van der Waals surface area contributed by atoms with Crippen molar-refractivity contribution in [2.45, 2.75) is 33.1 Å². The van der Waals surface area contributed by atoms with Crippen molar-refractivity contribution in [3.8, 4) is 28.1 Å². The highest BCUT2D eigenvalue weighted by molar-refractivity contribution is 5.96. The number of hydrogen-bond acceptors (Lipinski definition) is 4. The van der Waals surface area contributed by atoms with Gasteiger partial charge in [0.1, 0.15) is 17.1 Å². The van der Waals surface area contributed by atoms with E-state index in [0.717, 1.165) is 56.1 Å². The first kappa shape index (κ1) is 25.0. The van der Waals surface area contributed by atoms with E-state index < -0.39 is 0 Å². The van der Waals surface area contributed by atoms with E-state index in [4.69, 9.17) is 9.97 Å². The van der Waals surface area contributed by atoms with Gasteiger partial charge < -0.3 is 5.11 Å². The Morgan fingerprint density at radius 2 is 1.46 bits per heavy atom. The first-order valence-corrected chi connectivity index (χ1v) is 14.0. The maximum absolute atomic E-state index is 11.4. The summed E-state index contributed by atoms with van der Waals surface area (Å²) in [6.07, 6.45) is 1.87. The van der Waals surface area contributed by atoms with E-state index in [1.54, 1.807) is 0 Å². The molecule has 0 aliphatic carbocycles. The summed E-state index contributed by atoms with van der Waals surface area (Å²) in [4.78, 5) is 12.1. The molecule has 0 atom stereocenters. The zero-order chi connectivity index (χ0) is 28.3. The van der Waals surface area contributed by atoms with Gasteiger partial charge in [0, 0.05) is 28.1 Å².